The summed E-state index contributed by atoms with van der Waals surface area (Å²) >= 11 is 1.68. The first kappa shape index (κ1) is 17.9. The summed E-state index contributed by atoms with van der Waals surface area (Å²) in [7, 11) is 1.95. The Bertz CT molecular complexity index is 882. The lowest BCUT2D eigenvalue weighted by Crippen LogP contribution is -2.29. The number of benzene rings is 2. The highest BCUT2D eigenvalue weighted by atomic mass is 32.1. The standard InChI is InChI=1S/C21H24N4OS/c1-24(15-21-23-18-6-2-3-7-19(18)27-21)14-20(26)22-16-8-10-17(11-9-16)25-12-4-5-13-25/h2-3,6-11H,4-5,12-15H2,1H3,(H,22,26). The summed E-state index contributed by atoms with van der Waals surface area (Å²) in [4.78, 5) is 21.4. The summed E-state index contributed by atoms with van der Waals surface area (Å²) < 4.78 is 1.18. The molecule has 1 amide bonds. The Labute approximate surface area is 163 Å². The van der Waals surface area contributed by atoms with Crippen LogP contribution in [-0.2, 0) is 11.3 Å². The van der Waals surface area contributed by atoms with E-state index in [0.717, 1.165) is 29.3 Å². The van der Waals surface area contributed by atoms with Crippen molar-refractivity contribution in [2.45, 2.75) is 19.4 Å². The van der Waals surface area contributed by atoms with Crippen molar-refractivity contribution in [2.24, 2.45) is 0 Å². The van der Waals surface area contributed by atoms with Crippen molar-refractivity contribution in [3.8, 4) is 0 Å². The molecule has 0 saturated carbocycles. The molecule has 0 unspecified atom stereocenters. The summed E-state index contributed by atoms with van der Waals surface area (Å²) in [6.45, 7) is 3.26. The van der Waals surface area contributed by atoms with Gasteiger partial charge in [-0.3, -0.25) is 9.69 Å². The number of rotatable bonds is 6. The van der Waals surface area contributed by atoms with Gasteiger partial charge in [-0.05, 0) is 56.3 Å². The third kappa shape index (κ3) is 4.46. The summed E-state index contributed by atoms with van der Waals surface area (Å²) in [5.41, 5.74) is 3.10. The van der Waals surface area contributed by atoms with Gasteiger partial charge in [0.2, 0.25) is 5.91 Å². The van der Waals surface area contributed by atoms with Gasteiger partial charge in [-0.15, -0.1) is 11.3 Å². The molecule has 1 aromatic heterocycles. The molecular weight excluding hydrogens is 356 g/mol. The molecule has 1 aliphatic heterocycles. The van der Waals surface area contributed by atoms with Gasteiger partial charge in [0.15, 0.2) is 0 Å². The molecule has 0 atom stereocenters. The highest BCUT2D eigenvalue weighted by molar-refractivity contribution is 7.18. The van der Waals surface area contributed by atoms with E-state index in [9.17, 15) is 4.79 Å². The molecule has 6 heteroatoms. The predicted octanol–water partition coefficient (Wildman–Crippen LogP) is 3.97. The summed E-state index contributed by atoms with van der Waals surface area (Å²) in [5, 5.41) is 4.02. The maximum Gasteiger partial charge on any atom is 0.238 e. The van der Waals surface area contributed by atoms with E-state index in [1.165, 1.54) is 23.2 Å². The van der Waals surface area contributed by atoms with E-state index in [1.54, 1.807) is 11.3 Å². The number of anilines is 2. The first-order chi connectivity index (χ1) is 13.2. The molecular formula is C21H24N4OS. The first-order valence-corrected chi connectivity index (χ1v) is 10.2. The number of hydrogen-bond donors (Lipinski definition) is 1. The Hall–Kier alpha value is -2.44. The highest BCUT2D eigenvalue weighted by Crippen LogP contribution is 2.23. The van der Waals surface area contributed by atoms with Crippen molar-refractivity contribution in [1.29, 1.82) is 0 Å². The van der Waals surface area contributed by atoms with E-state index in [4.69, 9.17) is 0 Å². The molecule has 0 bridgehead atoms. The minimum Gasteiger partial charge on any atom is -0.372 e. The number of fused-ring (bicyclic) bond motifs is 1. The normalized spacial score (nSPS) is 14.2. The van der Waals surface area contributed by atoms with Crippen LogP contribution in [0.3, 0.4) is 0 Å². The van der Waals surface area contributed by atoms with Crippen LogP contribution in [0.2, 0.25) is 0 Å². The van der Waals surface area contributed by atoms with Gasteiger partial charge in [0, 0.05) is 24.5 Å². The second kappa shape index (κ2) is 8.06. The molecule has 4 rings (SSSR count). The average molecular weight is 381 g/mol. The predicted molar refractivity (Wildman–Crippen MR) is 112 cm³/mol. The third-order valence-electron chi connectivity index (χ3n) is 4.78. The van der Waals surface area contributed by atoms with Gasteiger partial charge < -0.3 is 10.2 Å². The zero-order valence-corrected chi connectivity index (χ0v) is 16.3. The Morgan fingerprint density at radius 2 is 1.89 bits per heavy atom. The van der Waals surface area contributed by atoms with Crippen molar-refractivity contribution in [3.05, 3.63) is 53.5 Å². The Kier molecular flexibility index (Phi) is 5.36. The lowest BCUT2D eigenvalue weighted by atomic mass is 10.2. The molecule has 1 aliphatic rings. The van der Waals surface area contributed by atoms with Crippen molar-refractivity contribution in [1.82, 2.24) is 9.88 Å². The number of likely N-dealkylation sites (N-methyl/N-ethyl adjacent to an activating group) is 1. The van der Waals surface area contributed by atoms with Crippen LogP contribution in [0, 0.1) is 0 Å². The van der Waals surface area contributed by atoms with E-state index in [1.807, 2.05) is 42.3 Å². The SMILES string of the molecule is CN(CC(=O)Nc1ccc(N2CCCC2)cc1)Cc1nc2ccccc2s1. The Morgan fingerprint density at radius 1 is 1.15 bits per heavy atom. The number of thiazole rings is 1. The molecule has 1 saturated heterocycles. The second-order valence-electron chi connectivity index (χ2n) is 7.04. The Balaban J connectivity index is 1.30. The minimum atomic E-state index is -0.00691. The van der Waals surface area contributed by atoms with Gasteiger partial charge in [0.1, 0.15) is 5.01 Å². The monoisotopic (exact) mass is 380 g/mol. The largest absolute Gasteiger partial charge is 0.372 e. The molecule has 2 heterocycles. The van der Waals surface area contributed by atoms with Gasteiger partial charge >= 0.3 is 0 Å². The molecule has 5 nitrogen and oxygen atoms in total. The molecule has 27 heavy (non-hydrogen) atoms. The smallest absolute Gasteiger partial charge is 0.238 e. The van der Waals surface area contributed by atoms with Crippen LogP contribution < -0.4 is 10.2 Å². The molecule has 0 radical (unpaired) electrons. The van der Waals surface area contributed by atoms with Crippen LogP contribution in [0.5, 0.6) is 0 Å². The van der Waals surface area contributed by atoms with E-state index < -0.39 is 0 Å². The van der Waals surface area contributed by atoms with Crippen LogP contribution in [0.25, 0.3) is 10.2 Å². The zero-order valence-electron chi connectivity index (χ0n) is 15.5. The number of para-hydroxylation sites is 1. The number of nitrogens with zero attached hydrogens (tertiary/aromatic N) is 3. The third-order valence-corrected chi connectivity index (χ3v) is 5.80. The number of nitrogens with one attached hydrogen (secondary N) is 1. The van der Waals surface area contributed by atoms with Gasteiger partial charge in [-0.25, -0.2) is 4.98 Å². The number of carbonyl (C=O) groups excluding carboxylic acids is 1. The second-order valence-corrected chi connectivity index (χ2v) is 8.15. The summed E-state index contributed by atoms with van der Waals surface area (Å²) in [5.74, 6) is -0.00691. The van der Waals surface area contributed by atoms with Crippen LogP contribution in [0.15, 0.2) is 48.5 Å². The fourth-order valence-electron chi connectivity index (χ4n) is 3.45. The fourth-order valence-corrected chi connectivity index (χ4v) is 4.50. The summed E-state index contributed by atoms with van der Waals surface area (Å²) in [6, 6.07) is 16.3. The molecule has 0 aliphatic carbocycles. The quantitative estimate of drug-likeness (QED) is 0.703. The van der Waals surface area contributed by atoms with E-state index in [2.05, 4.69) is 33.4 Å². The number of amides is 1. The van der Waals surface area contributed by atoms with Crippen molar-refractivity contribution in [2.75, 3.05) is 36.9 Å². The van der Waals surface area contributed by atoms with Crippen molar-refractivity contribution in [3.63, 3.8) is 0 Å². The van der Waals surface area contributed by atoms with Crippen LogP contribution >= 0.6 is 11.3 Å². The average Bonchev–Trinajstić information content (AvgIpc) is 3.31. The molecule has 3 aromatic rings. The van der Waals surface area contributed by atoms with E-state index in [0.29, 0.717) is 13.1 Å². The van der Waals surface area contributed by atoms with Gasteiger partial charge in [-0.1, -0.05) is 12.1 Å². The number of aromatic nitrogens is 1. The molecule has 0 spiro atoms. The number of carbonyl (C=O) groups is 1. The highest BCUT2D eigenvalue weighted by Gasteiger charge is 2.13. The van der Waals surface area contributed by atoms with Crippen molar-refractivity contribution < 1.29 is 4.79 Å². The molecule has 1 N–H and O–H groups in total. The molecule has 1 fully saturated rings. The Morgan fingerprint density at radius 3 is 2.63 bits per heavy atom. The maximum absolute atomic E-state index is 12.3. The van der Waals surface area contributed by atoms with Gasteiger partial charge in [-0.2, -0.15) is 0 Å². The molecule has 140 valence electrons. The fraction of sp³-hybridized carbons (Fsp3) is 0.333. The van der Waals surface area contributed by atoms with E-state index in [-0.39, 0.29) is 5.91 Å². The maximum atomic E-state index is 12.3. The topological polar surface area (TPSA) is 48.5 Å². The first-order valence-electron chi connectivity index (χ1n) is 9.35. The van der Waals surface area contributed by atoms with Crippen LogP contribution in [0.4, 0.5) is 11.4 Å². The van der Waals surface area contributed by atoms with Crippen molar-refractivity contribution >= 4 is 38.8 Å². The lowest BCUT2D eigenvalue weighted by molar-refractivity contribution is -0.117. The molecule has 2 aromatic carbocycles. The zero-order chi connectivity index (χ0) is 18.6. The van der Waals surface area contributed by atoms with Crippen LogP contribution in [-0.4, -0.2) is 42.5 Å². The summed E-state index contributed by atoms with van der Waals surface area (Å²) in [6.07, 6.45) is 2.53. The minimum absolute atomic E-state index is 0.00691. The van der Waals surface area contributed by atoms with E-state index >= 15 is 0 Å². The van der Waals surface area contributed by atoms with Gasteiger partial charge in [0.05, 0.1) is 23.3 Å². The van der Waals surface area contributed by atoms with Gasteiger partial charge in [0.25, 0.3) is 0 Å². The lowest BCUT2D eigenvalue weighted by Gasteiger charge is -2.18. The van der Waals surface area contributed by atoms with Crippen LogP contribution in [0.1, 0.15) is 17.8 Å². The number of hydrogen-bond acceptors (Lipinski definition) is 5.